The zero-order valence-electron chi connectivity index (χ0n) is 20.8. The van der Waals surface area contributed by atoms with Crippen molar-refractivity contribution in [3.05, 3.63) is 108 Å². The Kier molecular flexibility index (Phi) is 8.47. The van der Waals surface area contributed by atoms with Gasteiger partial charge in [-0.2, -0.15) is 0 Å². The summed E-state index contributed by atoms with van der Waals surface area (Å²) in [5.74, 6) is -2.52. The highest BCUT2D eigenvalue weighted by Gasteiger charge is 2.24. The van der Waals surface area contributed by atoms with Crippen LogP contribution in [-0.4, -0.2) is 66.8 Å². The Labute approximate surface area is 220 Å². The van der Waals surface area contributed by atoms with Crippen LogP contribution >= 0.6 is 0 Å². The lowest BCUT2D eigenvalue weighted by atomic mass is 10.1. The zero-order valence-corrected chi connectivity index (χ0v) is 20.8. The van der Waals surface area contributed by atoms with Gasteiger partial charge in [0.05, 0.1) is 11.1 Å². The third-order valence-electron chi connectivity index (χ3n) is 6.26. The average molecular weight is 519 g/mol. The van der Waals surface area contributed by atoms with Gasteiger partial charge in [0, 0.05) is 44.1 Å². The summed E-state index contributed by atoms with van der Waals surface area (Å²) in [4.78, 5) is 43.0. The van der Waals surface area contributed by atoms with Gasteiger partial charge in [0.2, 0.25) is 5.91 Å². The molecule has 7 nitrogen and oxygen atoms in total. The van der Waals surface area contributed by atoms with Crippen LogP contribution in [0.2, 0.25) is 0 Å². The van der Waals surface area contributed by atoms with Crippen molar-refractivity contribution < 1.29 is 23.2 Å². The third-order valence-corrected chi connectivity index (χ3v) is 6.26. The number of piperazine rings is 1. The van der Waals surface area contributed by atoms with E-state index in [-0.39, 0.29) is 30.1 Å². The van der Waals surface area contributed by atoms with Gasteiger partial charge in [-0.25, -0.2) is 8.78 Å². The molecule has 38 heavy (non-hydrogen) atoms. The van der Waals surface area contributed by atoms with Crippen LogP contribution in [0.3, 0.4) is 0 Å². The van der Waals surface area contributed by atoms with Crippen LogP contribution in [0.4, 0.5) is 20.2 Å². The summed E-state index contributed by atoms with van der Waals surface area (Å²) in [5.41, 5.74) is 1.43. The molecule has 3 amide bonds. The minimum Gasteiger partial charge on any atom is -0.368 e. The molecule has 1 aliphatic rings. The topological polar surface area (TPSA) is 73.0 Å². The highest BCUT2D eigenvalue weighted by atomic mass is 19.1. The molecule has 0 unspecified atom stereocenters. The number of hydrogen-bond acceptors (Lipinski definition) is 4. The molecule has 0 atom stereocenters. The molecule has 1 N–H and O–H groups in total. The maximum atomic E-state index is 14.1. The van der Waals surface area contributed by atoms with E-state index < -0.39 is 23.4 Å². The van der Waals surface area contributed by atoms with Crippen LogP contribution in [0.1, 0.15) is 20.7 Å². The first kappa shape index (κ1) is 26.5. The number of anilines is 2. The van der Waals surface area contributed by atoms with Crippen LogP contribution in [0.5, 0.6) is 0 Å². The fourth-order valence-corrected chi connectivity index (χ4v) is 4.28. The first-order valence-corrected chi connectivity index (χ1v) is 12.2. The Morgan fingerprint density at radius 2 is 1.42 bits per heavy atom. The van der Waals surface area contributed by atoms with Crippen LogP contribution < -0.4 is 10.2 Å². The van der Waals surface area contributed by atoms with Gasteiger partial charge in [-0.3, -0.25) is 14.4 Å². The highest BCUT2D eigenvalue weighted by molar-refractivity contribution is 5.99. The molecule has 0 bridgehead atoms. The molecule has 196 valence electrons. The molecule has 1 fully saturated rings. The standard InChI is InChI=1S/C29H28F2N4O3/c1-2-15-35(29(38)24-8-4-6-10-26(24)31)20-27(36)32-21-11-13-22(14-12-21)33-16-18-34(19-17-33)28(37)23-7-3-5-9-25(23)30/h2-14H,1,15-20H2,(H,32,36). The lowest BCUT2D eigenvalue weighted by Crippen LogP contribution is -2.49. The van der Waals surface area contributed by atoms with E-state index in [1.807, 2.05) is 12.1 Å². The fourth-order valence-electron chi connectivity index (χ4n) is 4.28. The summed E-state index contributed by atoms with van der Waals surface area (Å²) < 4.78 is 28.0. The van der Waals surface area contributed by atoms with Crippen molar-refractivity contribution in [1.82, 2.24) is 9.80 Å². The van der Waals surface area contributed by atoms with E-state index >= 15 is 0 Å². The van der Waals surface area contributed by atoms with E-state index in [9.17, 15) is 23.2 Å². The summed E-state index contributed by atoms with van der Waals surface area (Å²) in [6, 6.07) is 18.8. The SMILES string of the molecule is C=CCN(CC(=O)Nc1ccc(N2CCN(C(=O)c3ccccc3F)CC2)cc1)C(=O)c1ccccc1F. The number of hydrogen-bond donors (Lipinski definition) is 1. The normalized spacial score (nSPS) is 13.1. The molecule has 0 spiro atoms. The Morgan fingerprint density at radius 3 is 2.00 bits per heavy atom. The molecule has 3 aromatic rings. The molecule has 0 saturated carbocycles. The van der Waals surface area contributed by atoms with E-state index in [4.69, 9.17) is 0 Å². The second kappa shape index (κ2) is 12.1. The molecular weight excluding hydrogens is 490 g/mol. The smallest absolute Gasteiger partial charge is 0.257 e. The van der Waals surface area contributed by atoms with E-state index in [2.05, 4.69) is 16.8 Å². The number of rotatable bonds is 8. The number of carbonyl (C=O) groups is 3. The summed E-state index contributed by atoms with van der Waals surface area (Å²) >= 11 is 0. The van der Waals surface area contributed by atoms with E-state index in [0.29, 0.717) is 31.9 Å². The Morgan fingerprint density at radius 1 is 0.842 bits per heavy atom. The van der Waals surface area contributed by atoms with Crippen molar-refractivity contribution in [1.29, 1.82) is 0 Å². The van der Waals surface area contributed by atoms with Crippen molar-refractivity contribution in [3.63, 3.8) is 0 Å². The van der Waals surface area contributed by atoms with Gasteiger partial charge in [0.15, 0.2) is 0 Å². The van der Waals surface area contributed by atoms with Crippen LogP contribution in [0, 0.1) is 11.6 Å². The van der Waals surface area contributed by atoms with Crippen LogP contribution in [0.15, 0.2) is 85.5 Å². The van der Waals surface area contributed by atoms with Crippen molar-refractivity contribution in [2.45, 2.75) is 0 Å². The molecule has 0 aromatic heterocycles. The second-order valence-electron chi connectivity index (χ2n) is 8.81. The van der Waals surface area contributed by atoms with Crippen LogP contribution in [0.25, 0.3) is 0 Å². The first-order chi connectivity index (χ1) is 18.4. The van der Waals surface area contributed by atoms with Crippen molar-refractivity contribution in [3.8, 4) is 0 Å². The van der Waals surface area contributed by atoms with Gasteiger partial charge in [0.25, 0.3) is 11.8 Å². The van der Waals surface area contributed by atoms with Gasteiger partial charge in [-0.1, -0.05) is 30.3 Å². The maximum Gasteiger partial charge on any atom is 0.257 e. The molecule has 1 heterocycles. The third kappa shape index (κ3) is 6.23. The molecule has 9 heteroatoms. The molecule has 0 aliphatic carbocycles. The second-order valence-corrected chi connectivity index (χ2v) is 8.81. The van der Waals surface area contributed by atoms with Crippen molar-refractivity contribution in [2.75, 3.05) is 49.5 Å². The summed E-state index contributed by atoms with van der Waals surface area (Å²) in [6.07, 6.45) is 1.48. The highest BCUT2D eigenvalue weighted by Crippen LogP contribution is 2.21. The molecule has 1 saturated heterocycles. The lowest BCUT2D eigenvalue weighted by molar-refractivity contribution is -0.116. The number of halogens is 2. The molecule has 4 rings (SSSR count). The van der Waals surface area contributed by atoms with Gasteiger partial charge in [0.1, 0.15) is 18.2 Å². The summed E-state index contributed by atoms with van der Waals surface area (Å²) in [7, 11) is 0. The number of nitrogens with zero attached hydrogens (tertiary/aromatic N) is 3. The van der Waals surface area contributed by atoms with Crippen LogP contribution in [-0.2, 0) is 4.79 Å². The van der Waals surface area contributed by atoms with Gasteiger partial charge >= 0.3 is 0 Å². The summed E-state index contributed by atoms with van der Waals surface area (Å²) in [5, 5.41) is 2.76. The Balaban J connectivity index is 1.32. The predicted molar refractivity (Wildman–Crippen MR) is 142 cm³/mol. The predicted octanol–water partition coefficient (Wildman–Crippen LogP) is 4.19. The van der Waals surface area contributed by atoms with Gasteiger partial charge < -0.3 is 20.0 Å². The van der Waals surface area contributed by atoms with Gasteiger partial charge in [-0.15, -0.1) is 6.58 Å². The fraction of sp³-hybridized carbons (Fsp3) is 0.207. The molecule has 1 aliphatic heterocycles. The van der Waals surface area contributed by atoms with E-state index in [1.165, 1.54) is 41.3 Å². The quantitative estimate of drug-likeness (QED) is 0.454. The monoisotopic (exact) mass is 518 g/mol. The number of carbonyl (C=O) groups excluding carboxylic acids is 3. The van der Waals surface area contributed by atoms with Gasteiger partial charge in [-0.05, 0) is 48.5 Å². The van der Waals surface area contributed by atoms with Crippen molar-refractivity contribution >= 4 is 29.1 Å². The van der Waals surface area contributed by atoms with Crippen molar-refractivity contribution in [2.24, 2.45) is 0 Å². The molecule has 3 aromatic carbocycles. The molecule has 0 radical (unpaired) electrons. The average Bonchev–Trinajstić information content (AvgIpc) is 2.93. The first-order valence-electron chi connectivity index (χ1n) is 12.2. The maximum absolute atomic E-state index is 14.1. The minimum atomic E-state index is -0.653. The minimum absolute atomic E-state index is 0.0725. The molecular formula is C29H28F2N4O3. The number of nitrogens with one attached hydrogen (secondary N) is 1. The Hall–Kier alpha value is -4.53. The summed E-state index contributed by atoms with van der Waals surface area (Å²) in [6.45, 7) is 5.52. The van der Waals surface area contributed by atoms with E-state index in [0.717, 1.165) is 5.69 Å². The zero-order chi connectivity index (χ0) is 27.1. The van der Waals surface area contributed by atoms with E-state index in [1.54, 1.807) is 35.2 Å². The number of amides is 3. The Bertz CT molecular complexity index is 1320. The largest absolute Gasteiger partial charge is 0.368 e. The lowest BCUT2D eigenvalue weighted by Gasteiger charge is -2.36. The number of benzene rings is 3.